The first-order chi connectivity index (χ1) is 10.6. The molecule has 2 aromatic carbocycles. The quantitative estimate of drug-likeness (QED) is 0.566. The number of hydrogen-bond acceptors (Lipinski definition) is 2. The first-order valence-corrected chi connectivity index (χ1v) is 16.3. The second-order valence-corrected chi connectivity index (χ2v) is 13.8. The number of nitrogens with zero attached hydrogens (tertiary/aromatic N) is 2. The van der Waals surface area contributed by atoms with E-state index >= 15 is 0 Å². The fourth-order valence-corrected chi connectivity index (χ4v) is 10.4. The van der Waals surface area contributed by atoms with Gasteiger partial charge in [0, 0.05) is 0 Å². The van der Waals surface area contributed by atoms with E-state index in [1.807, 2.05) is 60.7 Å². The Hall–Kier alpha value is -1.04. The average molecular weight is 524 g/mol. The standard InChI is InChI=1S/C16H16N2O2Te2/c1-17(13-9-5-3-6-10-13)15(19)21-22-16(20)18(2)14-11-7-4-8-12-14/h3-12H,1-2H3. The monoisotopic (exact) mass is 528 g/mol. The summed E-state index contributed by atoms with van der Waals surface area (Å²) in [6.07, 6.45) is 0. The van der Waals surface area contributed by atoms with E-state index in [-0.39, 0.29) is 7.91 Å². The van der Waals surface area contributed by atoms with Crippen LogP contribution in [0.25, 0.3) is 0 Å². The minimum atomic E-state index is -0.938. The zero-order chi connectivity index (χ0) is 15.9. The Morgan fingerprint density at radius 2 is 1.00 bits per heavy atom. The van der Waals surface area contributed by atoms with Crippen molar-refractivity contribution in [2.24, 2.45) is 0 Å². The van der Waals surface area contributed by atoms with Crippen molar-refractivity contribution in [2.45, 2.75) is 0 Å². The first kappa shape index (κ1) is 17.3. The van der Waals surface area contributed by atoms with E-state index in [9.17, 15) is 9.59 Å². The van der Waals surface area contributed by atoms with Gasteiger partial charge in [0.1, 0.15) is 0 Å². The van der Waals surface area contributed by atoms with Crippen molar-refractivity contribution in [3.05, 3.63) is 60.7 Å². The van der Waals surface area contributed by atoms with Crippen molar-refractivity contribution in [3.8, 4) is 0 Å². The molecule has 0 aliphatic heterocycles. The Morgan fingerprint density at radius 3 is 1.32 bits per heavy atom. The fraction of sp³-hybridized carbons (Fsp3) is 0.125. The van der Waals surface area contributed by atoms with Crippen LogP contribution < -0.4 is 9.80 Å². The van der Waals surface area contributed by atoms with Crippen LogP contribution in [-0.2, 0) is 0 Å². The average Bonchev–Trinajstić information content (AvgIpc) is 2.59. The van der Waals surface area contributed by atoms with Gasteiger partial charge in [-0.2, -0.15) is 0 Å². The first-order valence-electron chi connectivity index (χ1n) is 6.59. The van der Waals surface area contributed by atoms with Crippen LogP contribution in [0.5, 0.6) is 0 Å². The number of hydrogen-bond donors (Lipinski definition) is 0. The summed E-state index contributed by atoms with van der Waals surface area (Å²) in [7, 11) is 3.56. The van der Waals surface area contributed by atoms with Crippen LogP contribution in [0.15, 0.2) is 60.7 Å². The van der Waals surface area contributed by atoms with Crippen LogP contribution in [0.3, 0.4) is 0 Å². The van der Waals surface area contributed by atoms with Gasteiger partial charge in [0.25, 0.3) is 0 Å². The summed E-state index contributed by atoms with van der Waals surface area (Å²) in [6.45, 7) is 0. The molecule has 2 amide bonds. The van der Waals surface area contributed by atoms with Crippen LogP contribution in [-0.4, -0.2) is 56.1 Å². The molecular formula is C16H16N2O2Te2. The number of para-hydroxylation sites is 2. The van der Waals surface area contributed by atoms with Crippen molar-refractivity contribution in [1.29, 1.82) is 0 Å². The molecule has 0 N–H and O–H groups in total. The molecular weight excluding hydrogens is 507 g/mol. The third-order valence-corrected chi connectivity index (χ3v) is 12.7. The maximum absolute atomic E-state index is 12.3. The molecule has 0 fully saturated rings. The molecule has 0 atom stereocenters. The van der Waals surface area contributed by atoms with Crippen LogP contribution in [0.4, 0.5) is 21.0 Å². The number of anilines is 2. The van der Waals surface area contributed by atoms with Crippen LogP contribution in [0, 0.1) is 0 Å². The summed E-state index contributed by atoms with van der Waals surface area (Å²) >= 11 is -1.88. The van der Waals surface area contributed by atoms with Gasteiger partial charge < -0.3 is 0 Å². The minimum absolute atomic E-state index is 0.119. The van der Waals surface area contributed by atoms with Gasteiger partial charge in [-0.15, -0.1) is 0 Å². The molecule has 0 aliphatic carbocycles. The van der Waals surface area contributed by atoms with Gasteiger partial charge in [0.15, 0.2) is 0 Å². The molecule has 0 aliphatic rings. The van der Waals surface area contributed by atoms with Gasteiger partial charge in [0.2, 0.25) is 0 Å². The van der Waals surface area contributed by atoms with Gasteiger partial charge in [-0.1, -0.05) is 0 Å². The fourth-order valence-electron chi connectivity index (χ4n) is 1.70. The Balaban J connectivity index is 1.89. The number of benzene rings is 2. The van der Waals surface area contributed by atoms with Crippen molar-refractivity contribution >= 4 is 53.4 Å². The van der Waals surface area contributed by atoms with Crippen LogP contribution in [0.1, 0.15) is 0 Å². The molecule has 0 bridgehead atoms. The van der Waals surface area contributed by atoms with Crippen molar-refractivity contribution in [2.75, 3.05) is 23.9 Å². The van der Waals surface area contributed by atoms with E-state index in [4.69, 9.17) is 0 Å². The molecule has 6 heteroatoms. The van der Waals surface area contributed by atoms with Crippen LogP contribution in [0.2, 0.25) is 0 Å². The molecule has 0 saturated carbocycles. The normalized spacial score (nSPS) is 10.1. The topological polar surface area (TPSA) is 40.6 Å². The molecule has 0 spiro atoms. The Bertz CT molecular complexity index is 578. The molecule has 114 valence electrons. The molecule has 0 saturated heterocycles. The Kier molecular flexibility index (Phi) is 6.73. The second-order valence-electron chi connectivity index (χ2n) is 4.49. The Morgan fingerprint density at radius 1 is 0.682 bits per heavy atom. The van der Waals surface area contributed by atoms with Gasteiger partial charge in [-0.05, 0) is 0 Å². The van der Waals surface area contributed by atoms with Gasteiger partial charge in [-0.25, -0.2) is 0 Å². The van der Waals surface area contributed by atoms with E-state index < -0.39 is 34.1 Å². The van der Waals surface area contributed by atoms with Crippen LogP contribution >= 0.6 is 0 Å². The number of rotatable bonds is 5. The van der Waals surface area contributed by atoms with E-state index in [2.05, 4.69) is 0 Å². The number of carbonyl (C=O) groups is 2. The molecule has 2 aromatic rings. The van der Waals surface area contributed by atoms with E-state index in [1.54, 1.807) is 23.9 Å². The summed E-state index contributed by atoms with van der Waals surface area (Å²) in [5, 5.41) is 0. The van der Waals surface area contributed by atoms with E-state index in [0.717, 1.165) is 11.4 Å². The van der Waals surface area contributed by atoms with Gasteiger partial charge in [-0.3, -0.25) is 0 Å². The summed E-state index contributed by atoms with van der Waals surface area (Å²) in [4.78, 5) is 27.8. The third-order valence-electron chi connectivity index (χ3n) is 3.02. The number of amides is 2. The molecule has 0 heterocycles. The summed E-state index contributed by atoms with van der Waals surface area (Å²) in [5.41, 5.74) is 1.77. The van der Waals surface area contributed by atoms with Gasteiger partial charge in [0.05, 0.1) is 0 Å². The van der Waals surface area contributed by atoms with Crippen molar-refractivity contribution in [3.63, 3.8) is 0 Å². The summed E-state index contributed by atoms with van der Waals surface area (Å²) < 4.78 is 0.239. The molecule has 2 rings (SSSR count). The predicted molar refractivity (Wildman–Crippen MR) is 92.0 cm³/mol. The molecule has 4 nitrogen and oxygen atoms in total. The zero-order valence-electron chi connectivity index (χ0n) is 12.3. The van der Waals surface area contributed by atoms with Gasteiger partial charge >= 0.3 is 148 Å². The summed E-state index contributed by atoms with van der Waals surface area (Å²) in [6, 6.07) is 19.1. The van der Waals surface area contributed by atoms with E-state index in [0.29, 0.717) is 0 Å². The third kappa shape index (κ3) is 4.73. The molecule has 22 heavy (non-hydrogen) atoms. The van der Waals surface area contributed by atoms with Crippen molar-refractivity contribution < 1.29 is 9.59 Å². The Labute approximate surface area is 146 Å². The van der Waals surface area contributed by atoms with E-state index in [1.165, 1.54) is 0 Å². The maximum atomic E-state index is 12.3. The molecule has 0 aromatic heterocycles. The molecule has 0 radical (unpaired) electrons. The zero-order valence-corrected chi connectivity index (χ0v) is 17.0. The predicted octanol–water partition coefficient (Wildman–Crippen LogP) is 2.82. The molecule has 0 unspecified atom stereocenters. The van der Waals surface area contributed by atoms with Crippen molar-refractivity contribution in [1.82, 2.24) is 0 Å². The SMILES string of the molecule is CN(C(=O)[Te][Te]C(=O)N(C)c1ccccc1)c1ccccc1. The summed E-state index contributed by atoms with van der Waals surface area (Å²) in [5.74, 6) is 0. The second kappa shape index (κ2) is 8.55. The number of carbonyl (C=O) groups excluding carboxylic acids is 2.